The van der Waals surface area contributed by atoms with Crippen molar-refractivity contribution < 1.29 is 43.0 Å². The molecule has 4 aliphatic rings. The number of carbonyl (C=O) groups is 5. The average Bonchev–Trinajstić information content (AvgIpc) is 2.99. The molecule has 4 N–H and O–H groups in total. The van der Waals surface area contributed by atoms with Crippen LogP contribution in [0.4, 0.5) is 5.69 Å². The van der Waals surface area contributed by atoms with Crippen molar-refractivity contribution in [3.8, 4) is 21.2 Å². The fourth-order valence-electron chi connectivity index (χ4n) is 11.5. The number of β-amino-alcohol motifs (C(OH)–C–C–N with tert-alkyl or cyclic N) is 1. The number of thiophene rings is 1. The molecule has 11 rings (SSSR count). The van der Waals surface area contributed by atoms with E-state index in [4.69, 9.17) is 18.9 Å². The molecular weight excluding hydrogens is 1080 g/mol. The molecule has 0 bridgehead atoms. The van der Waals surface area contributed by atoms with E-state index in [9.17, 15) is 29.1 Å². The maximum atomic E-state index is 14.4. The molecule has 7 heterocycles. The monoisotopic (exact) mass is 1150 g/mol. The summed E-state index contributed by atoms with van der Waals surface area (Å²) in [6, 6.07) is 20.1. The molecule has 21 heteroatoms. The van der Waals surface area contributed by atoms with Crippen LogP contribution >= 0.6 is 22.7 Å². The molecule has 0 spiro atoms. The second-order valence-electron chi connectivity index (χ2n) is 23.2. The fourth-order valence-corrected chi connectivity index (χ4v) is 13.5. The van der Waals surface area contributed by atoms with Crippen molar-refractivity contribution in [2.75, 3.05) is 31.6 Å². The van der Waals surface area contributed by atoms with E-state index in [0.717, 1.165) is 78.5 Å². The number of furan rings is 1. The highest BCUT2D eigenvalue weighted by Gasteiger charge is 2.45. The molecule has 4 amide bonds. The van der Waals surface area contributed by atoms with E-state index in [2.05, 4.69) is 74.1 Å². The topological polar surface area (TPSA) is 236 Å². The Bertz CT molecular complexity index is 3630. The zero-order chi connectivity index (χ0) is 57.9. The Morgan fingerprint density at radius 3 is 2.34 bits per heavy atom. The molecule has 1 aliphatic carbocycles. The number of nitrogens with one attached hydrogen (secondary N) is 3. The lowest BCUT2D eigenvalue weighted by Crippen LogP contribution is -2.57. The van der Waals surface area contributed by atoms with Crippen LogP contribution in [0.1, 0.15) is 127 Å². The standard InChI is InChI=1S/C61H68N10O9S2/c1-31-34(4)82-60-51(31)52(65-46(27-50(73)78-9)55-68-67-35(5)71(55)60)37-14-16-42(17-15-37)69-21-20-39(28-69)56(74)64-41-24-45(25-41)79-44-18-19-48-40(22-44)23-49(80-48)58(76)66-54(61(6,7)8)59(77)70-29-43(72)26-47(70)57(75)63-32(2)36-10-12-38(13-11-36)53-33(3)62-30-81-53/h10-19,22-23,30,32,39,41,43,45-47,54,72H,20-21,24-29H2,1-9H3,(H,63,75)(H,64,74)(H,66,76)/t32-,39?,41?,43+,45?,46-,47-,54+/m0/s1. The Balaban J connectivity index is 0.669. The Kier molecular flexibility index (Phi) is 15.4. The molecule has 2 saturated heterocycles. The van der Waals surface area contributed by atoms with Crippen LogP contribution in [0.3, 0.4) is 0 Å². The Morgan fingerprint density at radius 1 is 0.890 bits per heavy atom. The van der Waals surface area contributed by atoms with Crippen molar-refractivity contribution in [2.45, 2.75) is 130 Å². The maximum Gasteiger partial charge on any atom is 0.308 e. The first-order valence-corrected chi connectivity index (χ1v) is 29.5. The number of aliphatic hydroxyl groups excluding tert-OH is 1. The molecule has 428 valence electrons. The van der Waals surface area contributed by atoms with Gasteiger partial charge in [0.05, 0.1) is 53.4 Å². The van der Waals surface area contributed by atoms with E-state index in [1.807, 2.05) is 75.9 Å². The zero-order valence-electron chi connectivity index (χ0n) is 47.4. The van der Waals surface area contributed by atoms with Crippen LogP contribution in [0.25, 0.3) is 26.4 Å². The number of carbonyl (C=O) groups excluding carboxylic acids is 5. The number of esters is 1. The lowest BCUT2D eigenvalue weighted by Gasteiger charge is -2.36. The third-order valence-corrected chi connectivity index (χ3v) is 18.5. The summed E-state index contributed by atoms with van der Waals surface area (Å²) < 4.78 is 19.4. The van der Waals surface area contributed by atoms with E-state index in [1.165, 1.54) is 12.0 Å². The number of anilines is 1. The number of aryl methyl sites for hydroxylation is 3. The summed E-state index contributed by atoms with van der Waals surface area (Å²) in [4.78, 5) is 83.8. The predicted octanol–water partition coefficient (Wildman–Crippen LogP) is 8.42. The van der Waals surface area contributed by atoms with E-state index >= 15 is 0 Å². The van der Waals surface area contributed by atoms with Gasteiger partial charge < -0.3 is 44.7 Å². The summed E-state index contributed by atoms with van der Waals surface area (Å²) in [5.74, 6) is -0.0692. The molecule has 1 saturated carbocycles. The molecule has 19 nitrogen and oxygen atoms in total. The first-order chi connectivity index (χ1) is 39.2. The van der Waals surface area contributed by atoms with Gasteiger partial charge in [0.25, 0.3) is 5.91 Å². The SMILES string of the molecule is COC(=O)C[C@@H]1N=C(c2ccc(N3CCC(C(=O)NC4CC(Oc5ccc6oc(C(=O)N[C@H](C(=O)N7C[C@H](O)C[C@H]7C(=O)N[C@@H](C)c7ccc(-c8scnc8C)cc7)C(C)(C)C)cc6c5)C4)C3)cc2)c2c(sc(C)c2C)-n2c(C)nnc21. The van der Waals surface area contributed by atoms with Gasteiger partial charge in [0, 0.05) is 72.0 Å². The Morgan fingerprint density at radius 2 is 1.63 bits per heavy atom. The molecule has 3 aliphatic heterocycles. The minimum atomic E-state index is -1.06. The van der Waals surface area contributed by atoms with Gasteiger partial charge in [0.15, 0.2) is 11.6 Å². The van der Waals surface area contributed by atoms with Crippen LogP contribution in [-0.4, -0.2) is 122 Å². The van der Waals surface area contributed by atoms with Crippen LogP contribution < -0.4 is 25.6 Å². The van der Waals surface area contributed by atoms with Gasteiger partial charge in [-0.3, -0.25) is 33.5 Å². The molecule has 7 aromatic rings. The van der Waals surface area contributed by atoms with Crippen LogP contribution in [-0.2, 0) is 23.9 Å². The number of hydrogen-bond donors (Lipinski definition) is 4. The highest BCUT2D eigenvalue weighted by atomic mass is 32.1. The number of amides is 4. The van der Waals surface area contributed by atoms with Gasteiger partial charge in [0.1, 0.15) is 46.4 Å². The third kappa shape index (κ3) is 11.2. The van der Waals surface area contributed by atoms with Crippen molar-refractivity contribution in [1.29, 1.82) is 0 Å². The minimum absolute atomic E-state index is 0.00533. The van der Waals surface area contributed by atoms with Crippen molar-refractivity contribution in [3.05, 3.63) is 129 Å². The van der Waals surface area contributed by atoms with Gasteiger partial charge in [-0.2, -0.15) is 0 Å². The van der Waals surface area contributed by atoms with Gasteiger partial charge in [0.2, 0.25) is 17.7 Å². The maximum absolute atomic E-state index is 14.4. The number of methoxy groups -OCH3 is 1. The fraction of sp³-hybridized carbons (Fsp3) is 0.426. The minimum Gasteiger partial charge on any atom is -0.490 e. The lowest BCUT2D eigenvalue weighted by atomic mass is 9.85. The van der Waals surface area contributed by atoms with E-state index in [-0.39, 0.29) is 61.1 Å². The molecule has 82 heavy (non-hydrogen) atoms. The van der Waals surface area contributed by atoms with Crippen LogP contribution in [0.5, 0.6) is 5.75 Å². The van der Waals surface area contributed by atoms with Crippen LogP contribution in [0.2, 0.25) is 0 Å². The van der Waals surface area contributed by atoms with Crippen molar-refractivity contribution in [3.63, 3.8) is 0 Å². The zero-order valence-corrected chi connectivity index (χ0v) is 49.1. The van der Waals surface area contributed by atoms with Crippen LogP contribution in [0.15, 0.2) is 87.7 Å². The number of aliphatic imine (C=N–C) groups is 1. The number of hydrogen-bond acceptors (Lipinski definition) is 16. The quantitative estimate of drug-likeness (QED) is 0.0707. The van der Waals surface area contributed by atoms with Gasteiger partial charge in [-0.05, 0) is 99.5 Å². The second-order valence-corrected chi connectivity index (χ2v) is 25.2. The first kappa shape index (κ1) is 56.1. The number of ether oxygens (including phenoxy) is 2. The Hall–Kier alpha value is -7.75. The van der Waals surface area contributed by atoms with Gasteiger partial charge >= 0.3 is 5.97 Å². The van der Waals surface area contributed by atoms with Gasteiger partial charge in [-0.1, -0.05) is 57.2 Å². The summed E-state index contributed by atoms with van der Waals surface area (Å²) in [6.07, 6.45) is 1.08. The summed E-state index contributed by atoms with van der Waals surface area (Å²) in [7, 11) is 1.37. The molecule has 3 fully saturated rings. The summed E-state index contributed by atoms with van der Waals surface area (Å²) >= 11 is 3.23. The second kappa shape index (κ2) is 22.5. The number of rotatable bonds is 15. The van der Waals surface area contributed by atoms with Crippen LogP contribution in [0, 0.1) is 39.0 Å². The number of likely N-dealkylation sites (tertiary alicyclic amines) is 1. The van der Waals surface area contributed by atoms with Crippen molar-refractivity contribution >= 4 is 74.6 Å². The summed E-state index contributed by atoms with van der Waals surface area (Å²) in [5.41, 5.74) is 9.19. The van der Waals surface area contributed by atoms with E-state index in [0.29, 0.717) is 41.9 Å². The van der Waals surface area contributed by atoms with E-state index < -0.39 is 47.4 Å². The smallest absolute Gasteiger partial charge is 0.308 e. The number of thiazole rings is 1. The van der Waals surface area contributed by atoms with Crippen molar-refractivity contribution in [2.24, 2.45) is 16.3 Å². The number of aliphatic hydroxyl groups is 1. The largest absolute Gasteiger partial charge is 0.490 e. The highest BCUT2D eigenvalue weighted by Crippen LogP contribution is 2.41. The van der Waals surface area contributed by atoms with Gasteiger partial charge in [-0.15, -0.1) is 32.9 Å². The summed E-state index contributed by atoms with van der Waals surface area (Å²) in [6.45, 7) is 16.7. The van der Waals surface area contributed by atoms with E-state index in [1.54, 1.807) is 46.9 Å². The average molecular weight is 1150 g/mol. The van der Waals surface area contributed by atoms with Crippen molar-refractivity contribution in [1.82, 2.24) is 40.6 Å². The number of fused-ring (bicyclic) bond motifs is 4. The number of aromatic nitrogens is 4. The molecular formula is C61H68N10O9S2. The normalized spacial score (nSPS) is 21.2. The molecule has 6 atom stereocenters. The first-order valence-electron chi connectivity index (χ1n) is 27.8. The summed E-state index contributed by atoms with van der Waals surface area (Å²) in [5, 5.41) is 30.4. The molecule has 3 aromatic carbocycles. The van der Waals surface area contributed by atoms with Gasteiger partial charge in [-0.25, -0.2) is 4.98 Å². The Labute approximate surface area is 483 Å². The third-order valence-electron chi connectivity index (χ3n) is 16.4. The number of nitrogens with zero attached hydrogens (tertiary/aromatic N) is 7. The highest BCUT2D eigenvalue weighted by molar-refractivity contribution is 7.15. The molecule has 4 aromatic heterocycles. The predicted molar refractivity (Wildman–Crippen MR) is 313 cm³/mol. The molecule has 0 radical (unpaired) electrons. The molecule has 1 unspecified atom stereocenters. The number of benzene rings is 3. The lowest BCUT2D eigenvalue weighted by molar-refractivity contribution is -0.142.